The molecule has 0 aliphatic rings. The van der Waals surface area contributed by atoms with E-state index in [9.17, 15) is 4.79 Å². The first-order valence-electron chi connectivity index (χ1n) is 3.84. The first kappa shape index (κ1) is 9.54. The molecule has 0 unspecified atom stereocenters. The number of carbonyl (C=O) groups is 1. The lowest BCUT2D eigenvalue weighted by Crippen LogP contribution is -2.09. The standard InChI is InChI=1S/C9H11NO3/c10-8-4-2-1-3-7(8)6-13-9(12)5-11/h1-4,11H,5-6,10H2. The number of aliphatic hydroxyl groups excluding tert-OH is 1. The smallest absolute Gasteiger partial charge is 0.332 e. The molecule has 13 heavy (non-hydrogen) atoms. The monoisotopic (exact) mass is 181 g/mol. The Bertz CT molecular complexity index is 299. The maximum atomic E-state index is 10.6. The number of nitrogen functional groups attached to an aromatic ring is 1. The van der Waals surface area contributed by atoms with Crippen LogP contribution in [0.3, 0.4) is 0 Å². The molecule has 0 spiro atoms. The van der Waals surface area contributed by atoms with Gasteiger partial charge in [-0.3, -0.25) is 0 Å². The number of anilines is 1. The molecule has 0 aliphatic carbocycles. The molecule has 4 nitrogen and oxygen atoms in total. The lowest BCUT2D eigenvalue weighted by molar-refractivity contribution is -0.148. The van der Waals surface area contributed by atoms with Crippen LogP contribution in [0.1, 0.15) is 5.56 Å². The van der Waals surface area contributed by atoms with Gasteiger partial charge in [-0.05, 0) is 6.07 Å². The summed E-state index contributed by atoms with van der Waals surface area (Å²) >= 11 is 0. The molecule has 1 aromatic carbocycles. The van der Waals surface area contributed by atoms with E-state index in [4.69, 9.17) is 10.8 Å². The molecule has 0 saturated heterocycles. The molecule has 0 atom stereocenters. The van der Waals surface area contributed by atoms with E-state index in [1.54, 1.807) is 24.3 Å². The van der Waals surface area contributed by atoms with E-state index in [0.29, 0.717) is 5.69 Å². The third kappa shape index (κ3) is 2.76. The Kier molecular flexibility index (Phi) is 3.28. The van der Waals surface area contributed by atoms with E-state index in [0.717, 1.165) is 5.56 Å². The van der Waals surface area contributed by atoms with Crippen LogP contribution in [-0.4, -0.2) is 17.7 Å². The molecule has 1 aromatic rings. The first-order chi connectivity index (χ1) is 6.24. The summed E-state index contributed by atoms with van der Waals surface area (Å²) in [6.07, 6.45) is 0. The van der Waals surface area contributed by atoms with Crippen molar-refractivity contribution in [1.29, 1.82) is 0 Å². The van der Waals surface area contributed by atoms with Gasteiger partial charge in [0.05, 0.1) is 0 Å². The second-order valence-corrected chi connectivity index (χ2v) is 2.52. The molecule has 0 radical (unpaired) electrons. The van der Waals surface area contributed by atoms with Crippen LogP contribution >= 0.6 is 0 Å². The fraction of sp³-hybridized carbons (Fsp3) is 0.222. The van der Waals surface area contributed by atoms with Gasteiger partial charge in [0.15, 0.2) is 0 Å². The lowest BCUT2D eigenvalue weighted by atomic mass is 10.2. The number of rotatable bonds is 3. The van der Waals surface area contributed by atoms with E-state index >= 15 is 0 Å². The van der Waals surface area contributed by atoms with Gasteiger partial charge >= 0.3 is 5.97 Å². The zero-order valence-electron chi connectivity index (χ0n) is 7.06. The van der Waals surface area contributed by atoms with Crippen LogP contribution < -0.4 is 5.73 Å². The summed E-state index contributed by atoms with van der Waals surface area (Å²) < 4.78 is 4.69. The van der Waals surface area contributed by atoms with Crippen molar-refractivity contribution in [3.05, 3.63) is 29.8 Å². The van der Waals surface area contributed by atoms with Crippen molar-refractivity contribution in [3.63, 3.8) is 0 Å². The molecule has 0 heterocycles. The molecule has 0 aliphatic heterocycles. The van der Waals surface area contributed by atoms with Crippen LogP contribution in [0, 0.1) is 0 Å². The van der Waals surface area contributed by atoms with Gasteiger partial charge in [0.25, 0.3) is 0 Å². The second-order valence-electron chi connectivity index (χ2n) is 2.52. The van der Waals surface area contributed by atoms with Gasteiger partial charge in [-0.1, -0.05) is 18.2 Å². The van der Waals surface area contributed by atoms with Crippen molar-refractivity contribution in [2.75, 3.05) is 12.3 Å². The first-order valence-corrected chi connectivity index (χ1v) is 3.84. The number of esters is 1. The van der Waals surface area contributed by atoms with E-state index in [1.807, 2.05) is 0 Å². The van der Waals surface area contributed by atoms with Crippen LogP contribution in [0.25, 0.3) is 0 Å². The Morgan fingerprint density at radius 3 is 2.77 bits per heavy atom. The van der Waals surface area contributed by atoms with Crippen LogP contribution in [0.2, 0.25) is 0 Å². The molecule has 0 aromatic heterocycles. The minimum absolute atomic E-state index is 0.103. The summed E-state index contributed by atoms with van der Waals surface area (Å²) in [4.78, 5) is 10.6. The van der Waals surface area contributed by atoms with Crippen molar-refractivity contribution in [1.82, 2.24) is 0 Å². The van der Waals surface area contributed by atoms with Gasteiger partial charge in [-0.15, -0.1) is 0 Å². The second kappa shape index (κ2) is 4.47. The average molecular weight is 181 g/mol. The summed E-state index contributed by atoms with van der Waals surface area (Å²) in [5.41, 5.74) is 6.91. The molecular weight excluding hydrogens is 170 g/mol. The van der Waals surface area contributed by atoms with E-state index < -0.39 is 12.6 Å². The molecular formula is C9H11NO3. The maximum absolute atomic E-state index is 10.6. The lowest BCUT2D eigenvalue weighted by Gasteiger charge is -2.05. The zero-order valence-corrected chi connectivity index (χ0v) is 7.06. The number of benzene rings is 1. The molecule has 0 fully saturated rings. The normalized spacial score (nSPS) is 9.62. The number of ether oxygens (including phenoxy) is 1. The number of carbonyl (C=O) groups excluding carboxylic acids is 1. The Hall–Kier alpha value is -1.55. The summed E-state index contributed by atoms with van der Waals surface area (Å²) in [5.74, 6) is -0.650. The van der Waals surface area contributed by atoms with Crippen molar-refractivity contribution in [3.8, 4) is 0 Å². The number of para-hydroxylation sites is 1. The van der Waals surface area contributed by atoms with Gasteiger partial charge < -0.3 is 15.6 Å². The number of nitrogens with two attached hydrogens (primary N) is 1. The van der Waals surface area contributed by atoms with Crippen molar-refractivity contribution in [2.45, 2.75) is 6.61 Å². The fourth-order valence-corrected chi connectivity index (χ4v) is 0.870. The molecule has 3 N–H and O–H groups in total. The minimum Gasteiger partial charge on any atom is -0.459 e. The SMILES string of the molecule is Nc1ccccc1COC(=O)CO. The third-order valence-electron chi connectivity index (χ3n) is 1.57. The Labute approximate surface area is 75.9 Å². The van der Waals surface area contributed by atoms with Gasteiger partial charge in [0, 0.05) is 11.3 Å². The highest BCUT2D eigenvalue weighted by Crippen LogP contribution is 2.11. The topological polar surface area (TPSA) is 72.5 Å². The van der Waals surface area contributed by atoms with Gasteiger partial charge in [-0.25, -0.2) is 4.79 Å². The minimum atomic E-state index is -0.650. The quantitative estimate of drug-likeness (QED) is 0.519. The predicted molar refractivity (Wildman–Crippen MR) is 47.7 cm³/mol. The predicted octanol–water partition coefficient (Wildman–Crippen LogP) is 0.304. The molecule has 70 valence electrons. The van der Waals surface area contributed by atoms with Crippen molar-refractivity contribution in [2.24, 2.45) is 0 Å². The molecule has 0 bridgehead atoms. The third-order valence-corrected chi connectivity index (χ3v) is 1.57. The molecule has 0 saturated carbocycles. The van der Waals surface area contributed by atoms with Crippen molar-refractivity contribution >= 4 is 11.7 Å². The summed E-state index contributed by atoms with van der Waals surface area (Å²) in [6.45, 7) is -0.501. The highest BCUT2D eigenvalue weighted by Gasteiger charge is 2.02. The van der Waals surface area contributed by atoms with E-state index in [1.165, 1.54) is 0 Å². The summed E-state index contributed by atoms with van der Waals surface area (Å²) in [7, 11) is 0. The average Bonchev–Trinajstić information content (AvgIpc) is 2.16. The van der Waals surface area contributed by atoms with Gasteiger partial charge in [0.1, 0.15) is 13.2 Å². The summed E-state index contributed by atoms with van der Waals surface area (Å²) in [6, 6.07) is 7.09. The van der Waals surface area contributed by atoms with Crippen LogP contribution in [0.4, 0.5) is 5.69 Å². The van der Waals surface area contributed by atoms with E-state index in [2.05, 4.69) is 4.74 Å². The summed E-state index contributed by atoms with van der Waals surface area (Å²) in [5, 5.41) is 8.38. The number of hydrogen-bond acceptors (Lipinski definition) is 4. The highest BCUT2D eigenvalue weighted by molar-refractivity contribution is 5.70. The highest BCUT2D eigenvalue weighted by atomic mass is 16.5. The maximum Gasteiger partial charge on any atom is 0.332 e. The molecule has 4 heteroatoms. The zero-order chi connectivity index (χ0) is 9.68. The van der Waals surface area contributed by atoms with Crippen LogP contribution in [-0.2, 0) is 16.1 Å². The van der Waals surface area contributed by atoms with E-state index in [-0.39, 0.29) is 6.61 Å². The van der Waals surface area contributed by atoms with Crippen LogP contribution in [0.15, 0.2) is 24.3 Å². The Balaban J connectivity index is 2.54. The largest absolute Gasteiger partial charge is 0.459 e. The Morgan fingerprint density at radius 1 is 1.46 bits per heavy atom. The fourth-order valence-electron chi connectivity index (χ4n) is 0.870. The number of hydrogen-bond donors (Lipinski definition) is 2. The van der Waals surface area contributed by atoms with Crippen LogP contribution in [0.5, 0.6) is 0 Å². The molecule has 0 amide bonds. The Morgan fingerprint density at radius 2 is 2.15 bits per heavy atom. The van der Waals surface area contributed by atoms with Gasteiger partial charge in [0.2, 0.25) is 0 Å². The van der Waals surface area contributed by atoms with Crippen molar-refractivity contribution < 1.29 is 14.6 Å². The number of aliphatic hydroxyl groups is 1. The molecule has 1 rings (SSSR count). The van der Waals surface area contributed by atoms with Gasteiger partial charge in [-0.2, -0.15) is 0 Å².